The van der Waals surface area contributed by atoms with Gasteiger partial charge in [-0.3, -0.25) is 4.79 Å². The Bertz CT molecular complexity index is 475. The van der Waals surface area contributed by atoms with Crippen LogP contribution in [-0.2, 0) is 16.0 Å². The SMILES string of the molecule is CCOC(=O)C1Cc2ccc(Br)cc2N(C)C1CC. The van der Waals surface area contributed by atoms with Crippen LogP contribution in [0, 0.1) is 5.92 Å². The topological polar surface area (TPSA) is 29.5 Å². The van der Waals surface area contributed by atoms with Crippen LogP contribution in [0.25, 0.3) is 0 Å². The summed E-state index contributed by atoms with van der Waals surface area (Å²) in [6.07, 6.45) is 1.70. The van der Waals surface area contributed by atoms with E-state index >= 15 is 0 Å². The van der Waals surface area contributed by atoms with E-state index in [2.05, 4.69) is 46.9 Å². The quantitative estimate of drug-likeness (QED) is 0.798. The number of halogens is 1. The highest BCUT2D eigenvalue weighted by Gasteiger charge is 2.36. The molecule has 2 atom stereocenters. The number of nitrogens with zero attached hydrogens (tertiary/aromatic N) is 1. The number of benzene rings is 1. The van der Waals surface area contributed by atoms with Crippen molar-refractivity contribution >= 4 is 27.6 Å². The van der Waals surface area contributed by atoms with Crippen LogP contribution in [-0.4, -0.2) is 25.7 Å². The van der Waals surface area contributed by atoms with Crippen molar-refractivity contribution in [2.45, 2.75) is 32.7 Å². The average Bonchev–Trinajstić information content (AvgIpc) is 2.39. The molecule has 0 fully saturated rings. The Hall–Kier alpha value is -1.03. The molecule has 0 radical (unpaired) electrons. The van der Waals surface area contributed by atoms with Gasteiger partial charge in [-0.1, -0.05) is 28.9 Å². The Kier molecular flexibility index (Phi) is 4.50. The van der Waals surface area contributed by atoms with E-state index in [4.69, 9.17) is 4.74 Å². The summed E-state index contributed by atoms with van der Waals surface area (Å²) in [6, 6.07) is 6.45. The number of carbonyl (C=O) groups excluding carboxylic acids is 1. The van der Waals surface area contributed by atoms with Gasteiger partial charge in [0.15, 0.2) is 0 Å². The normalized spacial score (nSPS) is 22.0. The molecule has 2 rings (SSSR count). The standard InChI is InChI=1S/C15H20BrNO2/c1-4-13-12(15(18)19-5-2)8-10-6-7-11(16)9-14(10)17(13)3/h6-7,9,12-13H,4-5,8H2,1-3H3. The monoisotopic (exact) mass is 325 g/mol. The maximum absolute atomic E-state index is 12.1. The highest BCUT2D eigenvalue weighted by molar-refractivity contribution is 9.10. The average molecular weight is 326 g/mol. The fourth-order valence-electron chi connectivity index (χ4n) is 2.91. The molecule has 0 aromatic heterocycles. The Balaban J connectivity index is 2.35. The number of fused-ring (bicyclic) bond motifs is 1. The molecular weight excluding hydrogens is 306 g/mol. The van der Waals surface area contributed by atoms with Crippen molar-refractivity contribution in [2.24, 2.45) is 5.92 Å². The molecule has 0 aliphatic carbocycles. The number of esters is 1. The van der Waals surface area contributed by atoms with Gasteiger partial charge in [0.25, 0.3) is 0 Å². The lowest BCUT2D eigenvalue weighted by atomic mass is 9.84. The molecule has 3 nitrogen and oxygen atoms in total. The van der Waals surface area contributed by atoms with E-state index in [9.17, 15) is 4.79 Å². The van der Waals surface area contributed by atoms with E-state index in [1.165, 1.54) is 11.3 Å². The summed E-state index contributed by atoms with van der Waals surface area (Å²) < 4.78 is 6.30. The van der Waals surface area contributed by atoms with Crippen molar-refractivity contribution in [2.75, 3.05) is 18.6 Å². The first-order valence-electron chi connectivity index (χ1n) is 6.76. The molecule has 1 aliphatic heterocycles. The van der Waals surface area contributed by atoms with Crippen LogP contribution in [0.4, 0.5) is 5.69 Å². The molecule has 0 saturated heterocycles. The number of ether oxygens (including phenoxy) is 1. The molecule has 0 amide bonds. The molecule has 104 valence electrons. The van der Waals surface area contributed by atoms with Gasteiger partial charge < -0.3 is 9.64 Å². The summed E-state index contributed by atoms with van der Waals surface area (Å²) in [7, 11) is 2.06. The Labute approximate surface area is 123 Å². The van der Waals surface area contributed by atoms with Gasteiger partial charge in [0.1, 0.15) is 0 Å². The Morgan fingerprint density at radius 1 is 1.47 bits per heavy atom. The minimum absolute atomic E-state index is 0.0661. The van der Waals surface area contributed by atoms with Gasteiger partial charge in [0, 0.05) is 23.2 Å². The van der Waals surface area contributed by atoms with Crippen molar-refractivity contribution in [1.82, 2.24) is 0 Å². The summed E-state index contributed by atoms with van der Waals surface area (Å²) in [4.78, 5) is 14.3. The van der Waals surface area contributed by atoms with Gasteiger partial charge in [-0.25, -0.2) is 0 Å². The van der Waals surface area contributed by atoms with Crippen LogP contribution in [0.15, 0.2) is 22.7 Å². The Morgan fingerprint density at radius 3 is 2.84 bits per heavy atom. The van der Waals surface area contributed by atoms with Gasteiger partial charge in [-0.05, 0) is 37.5 Å². The minimum Gasteiger partial charge on any atom is -0.466 e. The maximum Gasteiger partial charge on any atom is 0.311 e. The predicted octanol–water partition coefficient (Wildman–Crippen LogP) is 3.40. The van der Waals surface area contributed by atoms with E-state index in [0.29, 0.717) is 6.61 Å². The van der Waals surface area contributed by atoms with Gasteiger partial charge in [-0.15, -0.1) is 0 Å². The molecule has 1 heterocycles. The summed E-state index contributed by atoms with van der Waals surface area (Å²) in [5, 5.41) is 0. The van der Waals surface area contributed by atoms with Crippen LogP contribution >= 0.6 is 15.9 Å². The number of carbonyl (C=O) groups is 1. The van der Waals surface area contributed by atoms with Crippen LogP contribution < -0.4 is 4.90 Å². The van der Waals surface area contributed by atoms with Crippen LogP contribution in [0.2, 0.25) is 0 Å². The maximum atomic E-state index is 12.1. The molecule has 0 saturated carbocycles. The smallest absolute Gasteiger partial charge is 0.311 e. The molecular formula is C15H20BrNO2. The molecule has 0 bridgehead atoms. The number of hydrogen-bond acceptors (Lipinski definition) is 3. The highest BCUT2D eigenvalue weighted by Crippen LogP contribution is 2.36. The molecule has 4 heteroatoms. The van der Waals surface area contributed by atoms with E-state index in [-0.39, 0.29) is 17.9 Å². The minimum atomic E-state index is -0.0743. The molecule has 2 unspecified atom stereocenters. The number of hydrogen-bond donors (Lipinski definition) is 0. The second-order valence-corrected chi connectivity index (χ2v) is 5.84. The largest absolute Gasteiger partial charge is 0.466 e. The summed E-state index contributed by atoms with van der Waals surface area (Å²) in [5.74, 6) is -0.140. The third kappa shape index (κ3) is 2.78. The summed E-state index contributed by atoms with van der Waals surface area (Å²) in [6.45, 7) is 4.43. The van der Waals surface area contributed by atoms with Crippen LogP contribution in [0.1, 0.15) is 25.8 Å². The van der Waals surface area contributed by atoms with E-state index < -0.39 is 0 Å². The second kappa shape index (κ2) is 5.95. The van der Waals surface area contributed by atoms with Crippen LogP contribution in [0.3, 0.4) is 0 Å². The number of anilines is 1. The Morgan fingerprint density at radius 2 is 2.21 bits per heavy atom. The molecule has 1 aliphatic rings. The lowest BCUT2D eigenvalue weighted by Crippen LogP contribution is -2.46. The zero-order valence-electron chi connectivity index (χ0n) is 11.6. The predicted molar refractivity (Wildman–Crippen MR) is 80.5 cm³/mol. The summed E-state index contributed by atoms with van der Waals surface area (Å²) in [5.41, 5.74) is 2.43. The first-order valence-corrected chi connectivity index (χ1v) is 7.55. The van der Waals surface area contributed by atoms with Gasteiger partial charge >= 0.3 is 5.97 Å². The van der Waals surface area contributed by atoms with Gasteiger partial charge in [0.05, 0.1) is 12.5 Å². The molecule has 19 heavy (non-hydrogen) atoms. The highest BCUT2D eigenvalue weighted by atomic mass is 79.9. The first kappa shape index (κ1) is 14.4. The molecule has 0 N–H and O–H groups in total. The third-order valence-electron chi connectivity index (χ3n) is 3.84. The van der Waals surface area contributed by atoms with Crippen molar-refractivity contribution in [3.63, 3.8) is 0 Å². The third-order valence-corrected chi connectivity index (χ3v) is 4.33. The molecule has 1 aromatic carbocycles. The lowest BCUT2D eigenvalue weighted by Gasteiger charge is -2.40. The van der Waals surface area contributed by atoms with Gasteiger partial charge in [0.2, 0.25) is 0 Å². The molecule has 0 spiro atoms. The zero-order chi connectivity index (χ0) is 14.0. The first-order chi connectivity index (χ1) is 9.08. The van der Waals surface area contributed by atoms with Crippen LogP contribution in [0.5, 0.6) is 0 Å². The van der Waals surface area contributed by atoms with Crippen molar-refractivity contribution in [3.8, 4) is 0 Å². The van der Waals surface area contributed by atoms with E-state index in [1.54, 1.807) is 0 Å². The summed E-state index contributed by atoms with van der Waals surface area (Å²) >= 11 is 3.51. The molecule has 1 aromatic rings. The van der Waals surface area contributed by atoms with Gasteiger partial charge in [-0.2, -0.15) is 0 Å². The fraction of sp³-hybridized carbons (Fsp3) is 0.533. The van der Waals surface area contributed by atoms with E-state index in [1.807, 2.05) is 13.0 Å². The van der Waals surface area contributed by atoms with Crippen molar-refractivity contribution in [1.29, 1.82) is 0 Å². The number of rotatable bonds is 3. The zero-order valence-corrected chi connectivity index (χ0v) is 13.2. The van der Waals surface area contributed by atoms with Crippen molar-refractivity contribution in [3.05, 3.63) is 28.2 Å². The fourth-order valence-corrected chi connectivity index (χ4v) is 3.26. The second-order valence-electron chi connectivity index (χ2n) is 4.92. The lowest BCUT2D eigenvalue weighted by molar-refractivity contribution is -0.149. The van der Waals surface area contributed by atoms with E-state index in [0.717, 1.165) is 17.3 Å². The van der Waals surface area contributed by atoms with Crippen molar-refractivity contribution < 1.29 is 9.53 Å².